The van der Waals surface area contributed by atoms with Crippen molar-refractivity contribution in [2.75, 3.05) is 13.2 Å². The minimum absolute atomic E-state index is 0.0381. The molecule has 23 heavy (non-hydrogen) atoms. The number of para-hydroxylation sites is 1. The molecule has 0 aliphatic carbocycles. The van der Waals surface area contributed by atoms with Crippen LogP contribution in [-0.4, -0.2) is 29.3 Å². The number of carbonyl (C=O) groups is 1. The van der Waals surface area contributed by atoms with Crippen molar-refractivity contribution >= 4 is 17.2 Å². The second-order valence-corrected chi connectivity index (χ2v) is 7.33. The smallest absolute Gasteiger partial charge is 0.255 e. The zero-order valence-electron chi connectivity index (χ0n) is 13.4. The van der Waals surface area contributed by atoms with E-state index in [0.29, 0.717) is 36.8 Å². The number of carbonyl (C=O) groups excluding carboxylic acids is 1. The molecule has 0 bridgehead atoms. The highest BCUT2D eigenvalue weighted by atomic mass is 32.1. The fraction of sp³-hybridized carbons (Fsp3) is 0.438. The summed E-state index contributed by atoms with van der Waals surface area (Å²) >= 11 is 1.51. The Balaban J connectivity index is 1.70. The molecular formula is C16H19N3O3S. The molecule has 2 aromatic rings. The molecule has 0 saturated carbocycles. The quantitative estimate of drug-likeness (QED) is 0.934. The molecule has 1 aliphatic rings. The monoisotopic (exact) mass is 333 g/mol. The zero-order chi connectivity index (χ0) is 16.4. The number of hydrogen-bond donors (Lipinski definition) is 1. The number of nitrogens with one attached hydrogen (secondary N) is 1. The van der Waals surface area contributed by atoms with Crippen molar-refractivity contribution in [1.29, 1.82) is 0 Å². The van der Waals surface area contributed by atoms with E-state index in [2.05, 4.69) is 36.3 Å². The molecule has 0 radical (unpaired) electrons. The van der Waals surface area contributed by atoms with E-state index in [9.17, 15) is 4.79 Å². The molecule has 0 spiro atoms. The summed E-state index contributed by atoms with van der Waals surface area (Å²) in [7, 11) is 0. The summed E-state index contributed by atoms with van der Waals surface area (Å²) in [6.45, 7) is 7.55. The van der Waals surface area contributed by atoms with Crippen molar-refractivity contribution < 1.29 is 14.3 Å². The lowest BCUT2D eigenvalue weighted by Gasteiger charge is -2.20. The molecule has 0 fully saturated rings. The molecule has 1 amide bonds. The summed E-state index contributed by atoms with van der Waals surface area (Å²) < 4.78 is 11.1. The molecule has 7 heteroatoms. The molecule has 6 nitrogen and oxygen atoms in total. The minimum atomic E-state index is -0.208. The molecule has 0 unspecified atom stereocenters. The van der Waals surface area contributed by atoms with E-state index in [1.165, 1.54) is 11.3 Å². The predicted octanol–water partition coefficient (Wildman–Crippen LogP) is 2.54. The number of hydrogen-bond acceptors (Lipinski definition) is 6. The van der Waals surface area contributed by atoms with Gasteiger partial charge < -0.3 is 14.8 Å². The van der Waals surface area contributed by atoms with Crippen LogP contribution in [0.1, 0.15) is 41.1 Å². The van der Waals surface area contributed by atoms with Gasteiger partial charge in [-0.1, -0.05) is 38.2 Å². The summed E-state index contributed by atoms with van der Waals surface area (Å²) in [6.07, 6.45) is 0. The van der Waals surface area contributed by atoms with E-state index >= 15 is 0 Å². The van der Waals surface area contributed by atoms with Crippen LogP contribution in [0, 0.1) is 0 Å². The third kappa shape index (κ3) is 3.44. The van der Waals surface area contributed by atoms with Gasteiger partial charge in [-0.25, -0.2) is 0 Å². The molecule has 0 atom stereocenters. The summed E-state index contributed by atoms with van der Waals surface area (Å²) in [5, 5.41) is 12.9. The van der Waals surface area contributed by atoms with E-state index in [1.54, 1.807) is 18.2 Å². The maximum Gasteiger partial charge on any atom is 0.255 e. The van der Waals surface area contributed by atoms with Crippen molar-refractivity contribution in [3.8, 4) is 11.5 Å². The van der Waals surface area contributed by atoms with Crippen LogP contribution in [0.15, 0.2) is 18.2 Å². The van der Waals surface area contributed by atoms with Gasteiger partial charge in [0.05, 0.1) is 12.1 Å². The first-order chi connectivity index (χ1) is 10.9. The molecule has 1 N–H and O–H groups in total. The standard InChI is InChI=1S/C16H19N3O3S/c1-16(2,3)15-19-18-12(23-15)9-17-14(20)10-5-4-6-11-13(10)22-8-7-21-11/h4-6H,7-9H2,1-3H3,(H,17,20). The highest BCUT2D eigenvalue weighted by Gasteiger charge is 2.22. The maximum absolute atomic E-state index is 12.4. The Hall–Kier alpha value is -2.15. The number of aromatic nitrogens is 2. The summed E-state index contributed by atoms with van der Waals surface area (Å²) in [5.41, 5.74) is 0.437. The predicted molar refractivity (Wildman–Crippen MR) is 87.2 cm³/mol. The van der Waals surface area contributed by atoms with Gasteiger partial charge in [0.2, 0.25) is 0 Å². The maximum atomic E-state index is 12.4. The van der Waals surface area contributed by atoms with Crippen molar-refractivity contribution in [3.63, 3.8) is 0 Å². The van der Waals surface area contributed by atoms with Gasteiger partial charge in [0.15, 0.2) is 11.5 Å². The van der Waals surface area contributed by atoms with Crippen LogP contribution < -0.4 is 14.8 Å². The Bertz CT molecular complexity index is 722. The first-order valence-corrected chi connectivity index (χ1v) is 8.26. The highest BCUT2D eigenvalue weighted by molar-refractivity contribution is 7.11. The Morgan fingerprint density at radius 2 is 2.04 bits per heavy atom. The average molecular weight is 333 g/mol. The van der Waals surface area contributed by atoms with Gasteiger partial charge in [0.25, 0.3) is 5.91 Å². The van der Waals surface area contributed by atoms with Gasteiger partial charge in [-0.2, -0.15) is 0 Å². The van der Waals surface area contributed by atoms with E-state index < -0.39 is 0 Å². The Morgan fingerprint density at radius 1 is 1.26 bits per heavy atom. The largest absolute Gasteiger partial charge is 0.486 e. The lowest BCUT2D eigenvalue weighted by molar-refractivity contribution is 0.0939. The summed E-state index contributed by atoms with van der Waals surface area (Å²) in [4.78, 5) is 12.4. The average Bonchev–Trinajstić information content (AvgIpc) is 3.01. The third-order valence-corrected chi connectivity index (χ3v) is 4.67. The second-order valence-electron chi connectivity index (χ2n) is 6.26. The number of ether oxygens (including phenoxy) is 2. The van der Waals surface area contributed by atoms with E-state index in [4.69, 9.17) is 9.47 Å². The van der Waals surface area contributed by atoms with Gasteiger partial charge in [-0.05, 0) is 12.1 Å². The number of rotatable bonds is 3. The molecule has 122 valence electrons. The number of benzene rings is 1. The van der Waals surface area contributed by atoms with E-state index in [0.717, 1.165) is 10.0 Å². The van der Waals surface area contributed by atoms with Gasteiger partial charge in [0.1, 0.15) is 23.2 Å². The summed E-state index contributed by atoms with van der Waals surface area (Å²) in [6, 6.07) is 5.31. The number of amides is 1. The van der Waals surface area contributed by atoms with Crippen molar-refractivity contribution in [2.24, 2.45) is 0 Å². The van der Waals surface area contributed by atoms with E-state index in [1.807, 2.05) is 0 Å². The molecule has 0 saturated heterocycles. The van der Waals surface area contributed by atoms with Gasteiger partial charge >= 0.3 is 0 Å². The zero-order valence-corrected chi connectivity index (χ0v) is 14.2. The normalized spacial score (nSPS) is 13.7. The molecule has 2 heterocycles. The Morgan fingerprint density at radius 3 is 2.78 bits per heavy atom. The van der Waals surface area contributed by atoms with Crippen LogP contribution in [0.25, 0.3) is 0 Å². The topological polar surface area (TPSA) is 73.3 Å². The van der Waals surface area contributed by atoms with Crippen LogP contribution in [0.2, 0.25) is 0 Å². The van der Waals surface area contributed by atoms with Gasteiger partial charge in [-0.15, -0.1) is 10.2 Å². The highest BCUT2D eigenvalue weighted by Crippen LogP contribution is 2.33. The minimum Gasteiger partial charge on any atom is -0.486 e. The van der Waals surface area contributed by atoms with Crippen molar-refractivity contribution in [1.82, 2.24) is 15.5 Å². The molecule has 1 aromatic carbocycles. The third-order valence-electron chi connectivity index (χ3n) is 3.32. The van der Waals surface area contributed by atoms with Crippen LogP contribution in [0.3, 0.4) is 0 Å². The Kier molecular flexibility index (Phi) is 4.21. The Labute approximate surface area is 138 Å². The molecule has 1 aliphatic heterocycles. The lowest BCUT2D eigenvalue weighted by atomic mass is 9.98. The van der Waals surface area contributed by atoms with Gasteiger partial charge in [0, 0.05) is 5.41 Å². The molecular weight excluding hydrogens is 314 g/mol. The fourth-order valence-electron chi connectivity index (χ4n) is 2.13. The number of fused-ring (bicyclic) bond motifs is 1. The van der Waals surface area contributed by atoms with E-state index in [-0.39, 0.29) is 11.3 Å². The first kappa shape index (κ1) is 15.7. The van der Waals surface area contributed by atoms with Crippen LogP contribution in [-0.2, 0) is 12.0 Å². The van der Waals surface area contributed by atoms with Crippen LogP contribution in [0.4, 0.5) is 0 Å². The second kappa shape index (κ2) is 6.16. The molecule has 3 rings (SSSR count). The van der Waals surface area contributed by atoms with Crippen molar-refractivity contribution in [2.45, 2.75) is 32.7 Å². The number of nitrogens with zero attached hydrogens (tertiary/aromatic N) is 2. The molecule has 1 aromatic heterocycles. The SMILES string of the molecule is CC(C)(C)c1nnc(CNC(=O)c2cccc3c2OCCO3)s1. The lowest BCUT2D eigenvalue weighted by Crippen LogP contribution is -2.25. The van der Waals surface area contributed by atoms with Crippen LogP contribution >= 0.6 is 11.3 Å². The van der Waals surface area contributed by atoms with Crippen molar-refractivity contribution in [3.05, 3.63) is 33.8 Å². The van der Waals surface area contributed by atoms with Crippen LogP contribution in [0.5, 0.6) is 11.5 Å². The first-order valence-electron chi connectivity index (χ1n) is 7.45. The summed E-state index contributed by atoms with van der Waals surface area (Å²) in [5.74, 6) is 0.901. The fourth-order valence-corrected chi connectivity index (χ4v) is 2.97. The van der Waals surface area contributed by atoms with Gasteiger partial charge in [-0.3, -0.25) is 4.79 Å².